The molecule has 20 heavy (non-hydrogen) atoms. The summed E-state index contributed by atoms with van der Waals surface area (Å²) >= 11 is 0. The Morgan fingerprint density at radius 3 is 2.75 bits per heavy atom. The summed E-state index contributed by atoms with van der Waals surface area (Å²) in [7, 11) is 1.26. The first-order valence-electron chi connectivity index (χ1n) is 5.79. The molecule has 0 aliphatic rings. The van der Waals surface area contributed by atoms with Gasteiger partial charge in [-0.1, -0.05) is 0 Å². The van der Waals surface area contributed by atoms with Gasteiger partial charge >= 0.3 is 5.97 Å². The predicted molar refractivity (Wildman–Crippen MR) is 71.2 cm³/mol. The van der Waals surface area contributed by atoms with Crippen molar-refractivity contribution in [3.63, 3.8) is 0 Å². The first kappa shape index (κ1) is 13.8. The molecule has 1 aromatic carbocycles. The van der Waals surface area contributed by atoms with Crippen LogP contribution < -0.4 is 10.5 Å². The summed E-state index contributed by atoms with van der Waals surface area (Å²) in [4.78, 5) is 15.5. The number of anilines is 1. The number of aryl methyl sites for hydroxylation is 1. The normalized spacial score (nSPS) is 10.2. The number of halogens is 1. The van der Waals surface area contributed by atoms with Crippen LogP contribution in [0.3, 0.4) is 0 Å². The van der Waals surface area contributed by atoms with Crippen LogP contribution in [0.25, 0.3) is 0 Å². The number of pyridine rings is 1. The summed E-state index contributed by atoms with van der Waals surface area (Å²) in [6.45, 7) is 1.69. The third kappa shape index (κ3) is 2.69. The van der Waals surface area contributed by atoms with Gasteiger partial charge in [0.05, 0.1) is 12.7 Å². The zero-order valence-corrected chi connectivity index (χ0v) is 11.0. The zero-order chi connectivity index (χ0) is 14.7. The van der Waals surface area contributed by atoms with Crippen molar-refractivity contribution in [2.75, 3.05) is 12.8 Å². The Labute approximate surface area is 115 Å². The molecule has 2 rings (SSSR count). The number of rotatable bonds is 3. The summed E-state index contributed by atoms with van der Waals surface area (Å²) in [6, 6.07) is 5.50. The highest BCUT2D eigenvalue weighted by atomic mass is 19.1. The van der Waals surface area contributed by atoms with Crippen molar-refractivity contribution in [3.8, 4) is 11.6 Å². The van der Waals surface area contributed by atoms with E-state index < -0.39 is 5.97 Å². The Balaban J connectivity index is 2.37. The highest BCUT2D eigenvalue weighted by Crippen LogP contribution is 2.30. The van der Waals surface area contributed by atoms with Crippen molar-refractivity contribution in [1.82, 2.24) is 4.98 Å². The number of carbonyl (C=O) groups is 1. The van der Waals surface area contributed by atoms with E-state index in [1.807, 2.05) is 0 Å². The van der Waals surface area contributed by atoms with E-state index in [-0.39, 0.29) is 22.9 Å². The van der Waals surface area contributed by atoms with Gasteiger partial charge in [0, 0.05) is 6.20 Å². The summed E-state index contributed by atoms with van der Waals surface area (Å²) in [6.07, 6.45) is 1.39. The smallest absolute Gasteiger partial charge is 0.340 e. The highest BCUT2D eigenvalue weighted by Gasteiger charge is 2.16. The average Bonchev–Trinajstić information content (AvgIpc) is 2.43. The topological polar surface area (TPSA) is 74.4 Å². The number of hydrogen-bond acceptors (Lipinski definition) is 5. The minimum Gasteiger partial charge on any atom is -0.465 e. The molecule has 0 unspecified atom stereocenters. The first-order chi connectivity index (χ1) is 9.52. The quantitative estimate of drug-likeness (QED) is 0.872. The molecule has 104 valence electrons. The molecule has 1 aromatic heterocycles. The number of hydrogen-bond donors (Lipinski definition) is 1. The number of nitrogens with zero attached hydrogens (tertiary/aromatic N) is 1. The molecule has 1 heterocycles. The SMILES string of the molecule is COC(=O)c1ccnc(Oc2ccc(F)cc2C)c1N. The summed E-state index contributed by atoms with van der Waals surface area (Å²) in [5.41, 5.74) is 6.65. The number of carbonyl (C=O) groups excluding carboxylic acids is 1. The maximum absolute atomic E-state index is 13.0. The van der Waals surface area contributed by atoms with Crippen molar-refractivity contribution in [2.45, 2.75) is 6.92 Å². The summed E-state index contributed by atoms with van der Waals surface area (Å²) in [5, 5.41) is 0. The maximum Gasteiger partial charge on any atom is 0.340 e. The molecule has 0 aliphatic heterocycles. The van der Waals surface area contributed by atoms with Gasteiger partial charge in [0.25, 0.3) is 0 Å². The lowest BCUT2D eigenvalue weighted by molar-refractivity contribution is 0.0601. The Hall–Kier alpha value is -2.63. The minimum absolute atomic E-state index is 0.0719. The average molecular weight is 276 g/mol. The molecule has 2 N–H and O–H groups in total. The Morgan fingerprint density at radius 2 is 2.10 bits per heavy atom. The molecule has 0 aliphatic carbocycles. The molecule has 0 bridgehead atoms. The molecule has 0 atom stereocenters. The number of ether oxygens (including phenoxy) is 2. The van der Waals surface area contributed by atoms with Gasteiger partial charge in [-0.05, 0) is 36.8 Å². The molecule has 6 heteroatoms. The van der Waals surface area contributed by atoms with Gasteiger partial charge in [0.15, 0.2) is 0 Å². The van der Waals surface area contributed by atoms with Crippen LogP contribution in [0.1, 0.15) is 15.9 Å². The molecule has 0 radical (unpaired) electrons. The van der Waals surface area contributed by atoms with Gasteiger partial charge in [-0.2, -0.15) is 0 Å². The van der Waals surface area contributed by atoms with Crippen LogP contribution in [0.5, 0.6) is 11.6 Å². The molecular weight excluding hydrogens is 263 g/mol. The second-order valence-corrected chi connectivity index (χ2v) is 4.08. The van der Waals surface area contributed by atoms with E-state index in [2.05, 4.69) is 9.72 Å². The van der Waals surface area contributed by atoms with Crippen molar-refractivity contribution >= 4 is 11.7 Å². The number of benzene rings is 1. The maximum atomic E-state index is 13.0. The van der Waals surface area contributed by atoms with E-state index >= 15 is 0 Å². The van der Waals surface area contributed by atoms with Gasteiger partial charge in [-0.3, -0.25) is 0 Å². The molecule has 0 spiro atoms. The van der Waals surface area contributed by atoms with Crippen LogP contribution in [-0.4, -0.2) is 18.1 Å². The highest BCUT2D eigenvalue weighted by molar-refractivity contribution is 5.96. The fourth-order valence-corrected chi connectivity index (χ4v) is 1.65. The van der Waals surface area contributed by atoms with E-state index in [1.54, 1.807) is 6.92 Å². The summed E-state index contributed by atoms with van der Waals surface area (Å²) in [5.74, 6) is -0.458. The fourth-order valence-electron chi connectivity index (χ4n) is 1.65. The standard InChI is InChI=1S/C14H13FN2O3/c1-8-7-9(15)3-4-11(8)20-13-12(16)10(5-6-17-13)14(18)19-2/h3-7H,16H2,1-2H3. The number of methoxy groups -OCH3 is 1. The van der Waals surface area contributed by atoms with Crippen LogP contribution in [0.4, 0.5) is 10.1 Å². The lowest BCUT2D eigenvalue weighted by Gasteiger charge is -2.11. The predicted octanol–water partition coefficient (Wildman–Crippen LogP) is 2.69. The van der Waals surface area contributed by atoms with Gasteiger partial charge < -0.3 is 15.2 Å². The Bertz CT molecular complexity index is 659. The third-order valence-corrected chi connectivity index (χ3v) is 2.70. The lowest BCUT2D eigenvalue weighted by atomic mass is 10.2. The lowest BCUT2D eigenvalue weighted by Crippen LogP contribution is -2.07. The molecule has 0 saturated carbocycles. The van der Waals surface area contributed by atoms with Crippen molar-refractivity contribution in [1.29, 1.82) is 0 Å². The van der Waals surface area contributed by atoms with Crippen LogP contribution in [0.15, 0.2) is 30.5 Å². The Morgan fingerprint density at radius 1 is 1.35 bits per heavy atom. The second kappa shape index (κ2) is 5.56. The van der Waals surface area contributed by atoms with Crippen LogP contribution in [0, 0.1) is 12.7 Å². The van der Waals surface area contributed by atoms with Crippen LogP contribution >= 0.6 is 0 Å². The zero-order valence-electron chi connectivity index (χ0n) is 11.0. The monoisotopic (exact) mass is 276 g/mol. The van der Waals surface area contributed by atoms with Crippen molar-refractivity contribution in [2.24, 2.45) is 0 Å². The van der Waals surface area contributed by atoms with Gasteiger partial charge in [0.2, 0.25) is 5.88 Å². The summed E-state index contributed by atoms with van der Waals surface area (Å²) < 4.78 is 23.2. The number of aromatic nitrogens is 1. The van der Waals surface area contributed by atoms with Gasteiger partial charge in [0.1, 0.15) is 17.3 Å². The van der Waals surface area contributed by atoms with E-state index in [9.17, 15) is 9.18 Å². The number of nitrogen functional groups attached to an aromatic ring is 1. The van der Waals surface area contributed by atoms with E-state index in [0.29, 0.717) is 11.3 Å². The largest absolute Gasteiger partial charge is 0.465 e. The molecular formula is C14H13FN2O3. The van der Waals surface area contributed by atoms with Crippen molar-refractivity contribution in [3.05, 3.63) is 47.4 Å². The molecule has 2 aromatic rings. The third-order valence-electron chi connectivity index (χ3n) is 2.70. The van der Waals surface area contributed by atoms with E-state index in [0.717, 1.165) is 0 Å². The first-order valence-corrected chi connectivity index (χ1v) is 5.79. The number of nitrogens with two attached hydrogens (primary N) is 1. The van der Waals surface area contributed by atoms with Crippen molar-refractivity contribution < 1.29 is 18.7 Å². The van der Waals surface area contributed by atoms with E-state index in [4.69, 9.17) is 10.5 Å². The molecule has 0 fully saturated rings. The van der Waals surface area contributed by atoms with Gasteiger partial charge in [-0.25, -0.2) is 14.2 Å². The Kier molecular flexibility index (Phi) is 3.84. The fraction of sp³-hybridized carbons (Fsp3) is 0.143. The second-order valence-electron chi connectivity index (χ2n) is 4.08. The minimum atomic E-state index is -0.578. The molecule has 0 amide bonds. The van der Waals surface area contributed by atoms with Gasteiger partial charge in [-0.15, -0.1) is 0 Å². The van der Waals surface area contributed by atoms with E-state index in [1.165, 1.54) is 37.6 Å². The molecule has 0 saturated heterocycles. The molecule has 5 nitrogen and oxygen atoms in total. The van der Waals surface area contributed by atoms with Crippen LogP contribution in [-0.2, 0) is 4.74 Å². The van der Waals surface area contributed by atoms with Crippen LogP contribution in [0.2, 0.25) is 0 Å². The number of esters is 1.